The van der Waals surface area contributed by atoms with Gasteiger partial charge in [0.15, 0.2) is 0 Å². The summed E-state index contributed by atoms with van der Waals surface area (Å²) in [7, 11) is 0. The number of hydrogen-bond acceptors (Lipinski definition) is 3. The van der Waals surface area contributed by atoms with Crippen LogP contribution < -0.4 is 5.32 Å². The van der Waals surface area contributed by atoms with Crippen molar-refractivity contribution < 1.29 is 22.8 Å². The molecule has 2 rings (SSSR count). The van der Waals surface area contributed by atoms with Crippen molar-refractivity contribution in [2.75, 3.05) is 13.1 Å². The first-order valence-corrected chi connectivity index (χ1v) is 8.23. The van der Waals surface area contributed by atoms with Gasteiger partial charge in [0.2, 0.25) is 11.8 Å². The molecule has 0 unspecified atom stereocenters. The van der Waals surface area contributed by atoms with Gasteiger partial charge in [-0.1, -0.05) is 19.9 Å². The molecular formula is C15H19F3N2O2S. The third kappa shape index (κ3) is 4.70. The number of alkyl halides is 3. The van der Waals surface area contributed by atoms with E-state index in [4.69, 9.17) is 0 Å². The quantitative estimate of drug-likeness (QED) is 0.889. The van der Waals surface area contributed by atoms with Crippen LogP contribution in [0.1, 0.15) is 31.2 Å². The molecule has 2 atom stereocenters. The maximum atomic E-state index is 12.4. The average Bonchev–Trinajstić information content (AvgIpc) is 3.04. The largest absolute Gasteiger partial charge is 0.406 e. The molecule has 128 valence electrons. The molecule has 0 aromatic carbocycles. The van der Waals surface area contributed by atoms with Gasteiger partial charge in [0.05, 0.1) is 12.0 Å². The summed E-state index contributed by atoms with van der Waals surface area (Å²) in [6.45, 7) is 2.44. The highest BCUT2D eigenvalue weighted by molar-refractivity contribution is 7.10. The van der Waals surface area contributed by atoms with Crippen LogP contribution in [0.2, 0.25) is 0 Å². The van der Waals surface area contributed by atoms with E-state index in [9.17, 15) is 22.8 Å². The number of hydrogen-bond donors (Lipinski definition) is 1. The number of likely N-dealkylation sites (tertiary alicyclic amines) is 1. The zero-order valence-corrected chi connectivity index (χ0v) is 13.7. The van der Waals surface area contributed by atoms with E-state index < -0.39 is 24.5 Å². The summed E-state index contributed by atoms with van der Waals surface area (Å²) in [6, 6.07) is 3.59. The summed E-state index contributed by atoms with van der Waals surface area (Å²) in [5, 5.41) is 4.78. The molecule has 0 radical (unpaired) electrons. The number of carbonyl (C=O) groups is 2. The summed E-state index contributed by atoms with van der Waals surface area (Å²) in [6.07, 6.45) is -4.62. The Hall–Kier alpha value is -1.57. The lowest BCUT2D eigenvalue weighted by molar-refractivity contribution is -0.157. The second-order valence-electron chi connectivity index (χ2n) is 6.04. The molecule has 0 aliphatic carbocycles. The molecule has 2 amide bonds. The van der Waals surface area contributed by atoms with E-state index in [1.165, 1.54) is 11.3 Å². The number of rotatable bonds is 5. The predicted octanol–water partition coefficient (Wildman–Crippen LogP) is 2.97. The second-order valence-corrected chi connectivity index (χ2v) is 7.02. The zero-order valence-electron chi connectivity index (χ0n) is 12.9. The van der Waals surface area contributed by atoms with Gasteiger partial charge in [-0.2, -0.15) is 13.2 Å². The summed E-state index contributed by atoms with van der Waals surface area (Å²) in [4.78, 5) is 25.7. The van der Waals surface area contributed by atoms with Crippen molar-refractivity contribution in [1.82, 2.24) is 10.2 Å². The summed E-state index contributed by atoms with van der Waals surface area (Å²) >= 11 is 1.51. The summed E-state index contributed by atoms with van der Waals surface area (Å²) in [5.41, 5.74) is 0. The van der Waals surface area contributed by atoms with E-state index in [1.807, 2.05) is 31.4 Å². The summed E-state index contributed by atoms with van der Waals surface area (Å²) in [5.74, 6) is -1.58. The van der Waals surface area contributed by atoms with Gasteiger partial charge in [-0.15, -0.1) is 11.3 Å². The molecule has 0 bridgehead atoms. The molecule has 4 nitrogen and oxygen atoms in total. The smallest absolute Gasteiger partial charge is 0.348 e. The standard InChI is InChI=1S/C15H19F3N2O2S/c1-9(2)13(11-4-3-5-23-11)19-14(22)10-6-12(21)20(7-10)8-15(16,17)18/h3-5,9-10,13H,6-8H2,1-2H3,(H,19,22)/t10-,13-/m1/s1. The fraction of sp³-hybridized carbons (Fsp3) is 0.600. The fourth-order valence-electron chi connectivity index (χ4n) is 2.62. The van der Waals surface area contributed by atoms with Crippen LogP contribution in [-0.4, -0.2) is 36.0 Å². The van der Waals surface area contributed by atoms with Crippen LogP contribution in [0.3, 0.4) is 0 Å². The average molecular weight is 348 g/mol. The van der Waals surface area contributed by atoms with Gasteiger partial charge >= 0.3 is 6.18 Å². The summed E-state index contributed by atoms with van der Waals surface area (Å²) < 4.78 is 37.3. The minimum atomic E-state index is -4.45. The molecule has 0 saturated carbocycles. The van der Waals surface area contributed by atoms with E-state index in [1.54, 1.807) is 0 Å². The fourth-order valence-corrected chi connectivity index (χ4v) is 3.57. The second kappa shape index (κ2) is 6.90. The number of thiophene rings is 1. The number of halogens is 3. The van der Waals surface area contributed by atoms with Crippen LogP contribution in [0.4, 0.5) is 13.2 Å². The van der Waals surface area contributed by atoms with Crippen LogP contribution in [0, 0.1) is 11.8 Å². The van der Waals surface area contributed by atoms with Crippen molar-refractivity contribution in [2.24, 2.45) is 11.8 Å². The number of nitrogens with one attached hydrogen (secondary N) is 1. The first-order valence-electron chi connectivity index (χ1n) is 7.35. The van der Waals surface area contributed by atoms with E-state index in [-0.39, 0.29) is 30.8 Å². The zero-order chi connectivity index (χ0) is 17.2. The third-order valence-electron chi connectivity index (χ3n) is 3.77. The molecule has 1 aromatic heterocycles. The van der Waals surface area contributed by atoms with E-state index in [0.717, 1.165) is 4.88 Å². The van der Waals surface area contributed by atoms with E-state index in [2.05, 4.69) is 5.32 Å². The van der Waals surface area contributed by atoms with Crippen LogP contribution in [0.5, 0.6) is 0 Å². The Morgan fingerprint density at radius 1 is 1.48 bits per heavy atom. The number of carbonyl (C=O) groups excluding carboxylic acids is 2. The van der Waals surface area contributed by atoms with Crippen molar-refractivity contribution in [1.29, 1.82) is 0 Å². The van der Waals surface area contributed by atoms with Crippen molar-refractivity contribution in [3.05, 3.63) is 22.4 Å². The first kappa shape index (κ1) is 17.8. The maximum absolute atomic E-state index is 12.4. The minimum absolute atomic E-state index is 0.140. The lowest BCUT2D eigenvalue weighted by Crippen LogP contribution is -2.39. The molecule has 2 heterocycles. The number of amides is 2. The molecule has 1 aromatic rings. The lowest BCUT2D eigenvalue weighted by Gasteiger charge is -2.23. The van der Waals surface area contributed by atoms with Crippen molar-refractivity contribution in [3.63, 3.8) is 0 Å². The Kier molecular flexibility index (Phi) is 5.33. The maximum Gasteiger partial charge on any atom is 0.406 e. The molecule has 23 heavy (non-hydrogen) atoms. The van der Waals surface area contributed by atoms with Crippen LogP contribution in [0.25, 0.3) is 0 Å². The van der Waals surface area contributed by atoms with E-state index >= 15 is 0 Å². The molecule has 1 aliphatic rings. The van der Waals surface area contributed by atoms with Gasteiger partial charge in [-0.3, -0.25) is 9.59 Å². The Morgan fingerprint density at radius 2 is 2.17 bits per heavy atom. The first-order chi connectivity index (χ1) is 10.7. The Bertz CT molecular complexity index is 558. The normalized spacial score (nSPS) is 20.2. The monoisotopic (exact) mass is 348 g/mol. The Labute approximate surface area is 136 Å². The van der Waals surface area contributed by atoms with E-state index in [0.29, 0.717) is 4.90 Å². The Morgan fingerprint density at radius 3 is 2.70 bits per heavy atom. The van der Waals surface area contributed by atoms with Gasteiger partial charge in [0, 0.05) is 17.8 Å². The molecule has 1 aliphatic heterocycles. The Balaban J connectivity index is 1.99. The van der Waals surface area contributed by atoms with Gasteiger partial charge < -0.3 is 10.2 Å². The van der Waals surface area contributed by atoms with Crippen LogP contribution >= 0.6 is 11.3 Å². The van der Waals surface area contributed by atoms with Gasteiger partial charge in [0.25, 0.3) is 0 Å². The van der Waals surface area contributed by atoms with Crippen LogP contribution in [-0.2, 0) is 9.59 Å². The predicted molar refractivity (Wildman–Crippen MR) is 80.8 cm³/mol. The SMILES string of the molecule is CC(C)[C@@H](NC(=O)[C@@H]1CC(=O)N(CC(F)(F)F)C1)c1cccs1. The lowest BCUT2D eigenvalue weighted by atomic mass is 10.0. The minimum Gasteiger partial charge on any atom is -0.348 e. The molecule has 1 saturated heterocycles. The van der Waals surface area contributed by atoms with Crippen molar-refractivity contribution >= 4 is 23.2 Å². The van der Waals surface area contributed by atoms with Gasteiger partial charge in [0.1, 0.15) is 6.54 Å². The molecule has 0 spiro atoms. The molecule has 8 heteroatoms. The van der Waals surface area contributed by atoms with Crippen LogP contribution in [0.15, 0.2) is 17.5 Å². The van der Waals surface area contributed by atoms with Crippen molar-refractivity contribution in [2.45, 2.75) is 32.5 Å². The van der Waals surface area contributed by atoms with Gasteiger partial charge in [-0.25, -0.2) is 0 Å². The number of nitrogens with zero attached hydrogens (tertiary/aromatic N) is 1. The van der Waals surface area contributed by atoms with Gasteiger partial charge in [-0.05, 0) is 17.4 Å². The molecule has 1 fully saturated rings. The van der Waals surface area contributed by atoms with Crippen molar-refractivity contribution in [3.8, 4) is 0 Å². The molecular weight excluding hydrogens is 329 g/mol. The highest BCUT2D eigenvalue weighted by atomic mass is 32.1. The highest BCUT2D eigenvalue weighted by Crippen LogP contribution is 2.28. The highest BCUT2D eigenvalue weighted by Gasteiger charge is 2.41. The molecule has 1 N–H and O–H groups in total. The third-order valence-corrected chi connectivity index (χ3v) is 4.72. The topological polar surface area (TPSA) is 49.4 Å².